The molecule has 0 atom stereocenters. The van der Waals surface area contributed by atoms with Gasteiger partial charge in [0.25, 0.3) is 5.91 Å². The van der Waals surface area contributed by atoms with Crippen LogP contribution in [0, 0.1) is 0 Å². The number of anilines is 3. The highest BCUT2D eigenvalue weighted by atomic mass is 16.1. The predicted octanol–water partition coefficient (Wildman–Crippen LogP) is 1.94. The summed E-state index contributed by atoms with van der Waals surface area (Å²) in [5.74, 6) is -0.0728. The third-order valence-corrected chi connectivity index (χ3v) is 4.89. The zero-order valence-corrected chi connectivity index (χ0v) is 15.3. The molecule has 9 nitrogen and oxygen atoms in total. The van der Waals surface area contributed by atoms with Crippen LogP contribution in [0.15, 0.2) is 36.5 Å². The van der Waals surface area contributed by atoms with Crippen molar-refractivity contribution in [1.82, 2.24) is 20.2 Å². The fourth-order valence-corrected chi connectivity index (χ4v) is 3.38. The summed E-state index contributed by atoms with van der Waals surface area (Å²) in [5.41, 5.74) is 13.0. The highest BCUT2D eigenvalue weighted by Crippen LogP contribution is 2.24. The molecule has 1 aliphatic carbocycles. The number of carbonyl (C=O) groups is 1. The van der Waals surface area contributed by atoms with Gasteiger partial charge in [-0.05, 0) is 49.9 Å². The number of pyridine rings is 1. The van der Waals surface area contributed by atoms with Gasteiger partial charge in [-0.3, -0.25) is 9.78 Å². The zero-order chi connectivity index (χ0) is 19.5. The molecule has 2 heterocycles. The van der Waals surface area contributed by atoms with Gasteiger partial charge in [0.2, 0.25) is 5.95 Å². The standard InChI is InChI=1S/C19H22N8O/c20-12-3-5-13(6-4-12)24-19-25-18(16(17(21)28)26-27-19)23-14-7-8-15-11(10-14)2-1-9-22-15/h1-2,7-10,12-13H,3-6,20H2,(H2,21,28)(H2,23,24,25,27)/t12-,13+. The number of amides is 1. The number of hydrogen-bond donors (Lipinski definition) is 4. The predicted molar refractivity (Wildman–Crippen MR) is 107 cm³/mol. The van der Waals surface area contributed by atoms with Crippen molar-refractivity contribution in [2.24, 2.45) is 11.5 Å². The van der Waals surface area contributed by atoms with Gasteiger partial charge in [0.1, 0.15) is 0 Å². The van der Waals surface area contributed by atoms with Gasteiger partial charge < -0.3 is 22.1 Å². The van der Waals surface area contributed by atoms with Crippen LogP contribution in [0.25, 0.3) is 10.9 Å². The number of primary amides is 1. The van der Waals surface area contributed by atoms with E-state index in [1.165, 1.54) is 0 Å². The van der Waals surface area contributed by atoms with Crippen molar-refractivity contribution in [3.63, 3.8) is 0 Å². The number of nitrogens with zero attached hydrogens (tertiary/aromatic N) is 4. The van der Waals surface area contributed by atoms with Gasteiger partial charge in [-0.15, -0.1) is 10.2 Å². The summed E-state index contributed by atoms with van der Waals surface area (Å²) in [6.45, 7) is 0. The van der Waals surface area contributed by atoms with E-state index < -0.39 is 5.91 Å². The summed E-state index contributed by atoms with van der Waals surface area (Å²) in [6, 6.07) is 9.99. The zero-order valence-electron chi connectivity index (χ0n) is 15.3. The summed E-state index contributed by atoms with van der Waals surface area (Å²) >= 11 is 0. The Hall–Kier alpha value is -3.33. The van der Waals surface area contributed by atoms with E-state index in [2.05, 4.69) is 30.8 Å². The van der Waals surface area contributed by atoms with Gasteiger partial charge in [0, 0.05) is 29.4 Å². The molecule has 144 valence electrons. The van der Waals surface area contributed by atoms with Gasteiger partial charge in [0.05, 0.1) is 5.52 Å². The third kappa shape index (κ3) is 3.99. The van der Waals surface area contributed by atoms with Crippen LogP contribution in [-0.2, 0) is 0 Å². The molecule has 1 aromatic carbocycles. The molecule has 9 heteroatoms. The van der Waals surface area contributed by atoms with Gasteiger partial charge in [0.15, 0.2) is 11.5 Å². The minimum Gasteiger partial charge on any atom is -0.364 e. The molecular weight excluding hydrogens is 356 g/mol. The summed E-state index contributed by atoms with van der Waals surface area (Å²) in [4.78, 5) is 20.5. The second-order valence-corrected chi connectivity index (χ2v) is 6.99. The first-order chi connectivity index (χ1) is 13.6. The Morgan fingerprint density at radius 2 is 1.93 bits per heavy atom. The van der Waals surface area contributed by atoms with Crippen LogP contribution in [0.4, 0.5) is 17.5 Å². The lowest BCUT2D eigenvalue weighted by atomic mass is 9.92. The van der Waals surface area contributed by atoms with Crippen LogP contribution in [0.3, 0.4) is 0 Å². The maximum absolute atomic E-state index is 11.8. The fourth-order valence-electron chi connectivity index (χ4n) is 3.38. The number of fused-ring (bicyclic) bond motifs is 1. The van der Waals surface area contributed by atoms with E-state index in [1.807, 2.05) is 30.3 Å². The van der Waals surface area contributed by atoms with Crippen molar-refractivity contribution in [2.75, 3.05) is 10.6 Å². The lowest BCUT2D eigenvalue weighted by molar-refractivity contribution is 0.0995. The summed E-state index contributed by atoms with van der Waals surface area (Å²) in [7, 11) is 0. The van der Waals surface area contributed by atoms with Crippen molar-refractivity contribution >= 4 is 34.3 Å². The molecule has 6 N–H and O–H groups in total. The van der Waals surface area contributed by atoms with Crippen LogP contribution in [0.1, 0.15) is 36.2 Å². The molecule has 0 saturated heterocycles. The Kier molecular flexibility index (Phi) is 4.98. The largest absolute Gasteiger partial charge is 0.364 e. The highest BCUT2D eigenvalue weighted by molar-refractivity contribution is 5.96. The van der Waals surface area contributed by atoms with Crippen LogP contribution in [0.2, 0.25) is 0 Å². The maximum atomic E-state index is 11.8. The molecule has 2 aromatic heterocycles. The molecule has 28 heavy (non-hydrogen) atoms. The number of benzene rings is 1. The Balaban J connectivity index is 1.59. The van der Waals surface area contributed by atoms with E-state index in [0.717, 1.165) is 42.3 Å². The molecule has 3 aromatic rings. The van der Waals surface area contributed by atoms with Gasteiger partial charge >= 0.3 is 0 Å². The molecule has 4 rings (SSSR count). The van der Waals surface area contributed by atoms with E-state index in [4.69, 9.17) is 11.5 Å². The van der Waals surface area contributed by atoms with Crippen molar-refractivity contribution in [3.8, 4) is 0 Å². The van der Waals surface area contributed by atoms with Crippen molar-refractivity contribution in [1.29, 1.82) is 0 Å². The average molecular weight is 378 g/mol. The minimum absolute atomic E-state index is 0.0116. The Labute approximate surface area is 162 Å². The SMILES string of the molecule is NC(=O)c1nnc(N[C@H]2CC[C@@H](N)CC2)nc1Nc1ccc2ncccc2c1. The van der Waals surface area contributed by atoms with Gasteiger partial charge in [-0.25, -0.2) is 0 Å². The van der Waals surface area contributed by atoms with E-state index in [-0.39, 0.29) is 23.6 Å². The number of rotatable bonds is 5. The molecule has 0 aliphatic heterocycles. The summed E-state index contributed by atoms with van der Waals surface area (Å²) < 4.78 is 0. The molecule has 1 saturated carbocycles. The first kappa shape index (κ1) is 18.1. The monoisotopic (exact) mass is 378 g/mol. The highest BCUT2D eigenvalue weighted by Gasteiger charge is 2.21. The van der Waals surface area contributed by atoms with Crippen LogP contribution >= 0.6 is 0 Å². The fraction of sp³-hybridized carbons (Fsp3) is 0.316. The molecule has 0 unspecified atom stereocenters. The summed E-state index contributed by atoms with van der Waals surface area (Å²) in [5, 5.41) is 15.4. The van der Waals surface area contributed by atoms with E-state index >= 15 is 0 Å². The number of carbonyl (C=O) groups excluding carboxylic acids is 1. The van der Waals surface area contributed by atoms with Crippen LogP contribution < -0.4 is 22.1 Å². The number of hydrogen-bond acceptors (Lipinski definition) is 8. The van der Waals surface area contributed by atoms with E-state index in [1.54, 1.807) is 6.20 Å². The molecule has 1 aliphatic rings. The lowest BCUT2D eigenvalue weighted by Gasteiger charge is -2.26. The second-order valence-electron chi connectivity index (χ2n) is 6.99. The maximum Gasteiger partial charge on any atom is 0.273 e. The number of nitrogens with two attached hydrogens (primary N) is 2. The average Bonchev–Trinajstić information content (AvgIpc) is 2.70. The van der Waals surface area contributed by atoms with Gasteiger partial charge in [-0.1, -0.05) is 6.07 Å². The normalized spacial score (nSPS) is 19.3. The van der Waals surface area contributed by atoms with Crippen molar-refractivity contribution in [3.05, 3.63) is 42.2 Å². The van der Waals surface area contributed by atoms with Crippen LogP contribution in [-0.4, -0.2) is 38.2 Å². The molecule has 0 radical (unpaired) electrons. The van der Waals surface area contributed by atoms with Gasteiger partial charge in [-0.2, -0.15) is 4.98 Å². The summed E-state index contributed by atoms with van der Waals surface area (Å²) in [6.07, 6.45) is 5.55. The number of nitrogens with one attached hydrogen (secondary N) is 2. The first-order valence-electron chi connectivity index (χ1n) is 9.27. The molecule has 1 amide bonds. The van der Waals surface area contributed by atoms with Crippen LogP contribution in [0.5, 0.6) is 0 Å². The second kappa shape index (κ2) is 7.73. The van der Waals surface area contributed by atoms with Crippen molar-refractivity contribution < 1.29 is 4.79 Å². The number of aromatic nitrogens is 4. The molecule has 0 bridgehead atoms. The van der Waals surface area contributed by atoms with E-state index in [9.17, 15) is 4.79 Å². The van der Waals surface area contributed by atoms with E-state index in [0.29, 0.717) is 5.95 Å². The third-order valence-electron chi connectivity index (χ3n) is 4.89. The quantitative estimate of drug-likeness (QED) is 0.527. The Morgan fingerprint density at radius 3 is 2.71 bits per heavy atom. The molecule has 0 spiro atoms. The Bertz CT molecular complexity index is 1000. The minimum atomic E-state index is -0.694. The smallest absolute Gasteiger partial charge is 0.273 e. The first-order valence-corrected chi connectivity index (χ1v) is 9.27. The topological polar surface area (TPSA) is 145 Å². The lowest BCUT2D eigenvalue weighted by Crippen LogP contribution is -2.33. The Morgan fingerprint density at radius 1 is 1.11 bits per heavy atom. The molecular formula is C19H22N8O. The van der Waals surface area contributed by atoms with Crippen molar-refractivity contribution in [2.45, 2.75) is 37.8 Å². The molecule has 1 fully saturated rings.